The van der Waals surface area contributed by atoms with Gasteiger partial charge in [0.2, 0.25) is 0 Å². The standard InChI is InChI=1S/C4H6FNO3/c5-4(9)2(6)1-3(7)8/h2H,1,6H2,(H,7,8)/t2-/m0/s1. The number of carboxylic acids is 1. The van der Waals surface area contributed by atoms with E-state index in [0.29, 0.717) is 0 Å². The van der Waals surface area contributed by atoms with E-state index in [0.717, 1.165) is 0 Å². The topological polar surface area (TPSA) is 80.4 Å². The summed E-state index contributed by atoms with van der Waals surface area (Å²) in [6, 6.07) is -3.31. The van der Waals surface area contributed by atoms with E-state index in [4.69, 9.17) is 10.8 Å². The molecule has 0 spiro atoms. The van der Waals surface area contributed by atoms with Gasteiger partial charge in [0.05, 0.1) is 6.42 Å². The third-order valence-electron chi connectivity index (χ3n) is 0.686. The average Bonchev–Trinajstić information content (AvgIpc) is 1.63. The minimum atomic E-state index is -1.79. The lowest BCUT2D eigenvalue weighted by Gasteiger charge is -1.97. The number of aliphatic carboxylic acids is 1. The summed E-state index contributed by atoms with van der Waals surface area (Å²) in [6.45, 7) is 0. The number of halogens is 1. The number of nitrogens with two attached hydrogens (primary N) is 1. The molecule has 3 N–H and O–H groups in total. The molecule has 0 aliphatic rings. The van der Waals surface area contributed by atoms with Crippen molar-refractivity contribution in [2.75, 3.05) is 0 Å². The first-order valence-corrected chi connectivity index (χ1v) is 2.20. The van der Waals surface area contributed by atoms with Crippen LogP contribution in [0.2, 0.25) is 0 Å². The lowest BCUT2D eigenvalue weighted by molar-refractivity contribution is -0.141. The highest BCUT2D eigenvalue weighted by molar-refractivity contribution is 5.80. The molecule has 1 atom stereocenters. The molecule has 0 bridgehead atoms. The fraction of sp³-hybridized carbons (Fsp3) is 0.500. The van der Waals surface area contributed by atoms with E-state index >= 15 is 0 Å². The number of carbonyl (C=O) groups is 2. The van der Waals surface area contributed by atoms with Gasteiger partial charge in [-0.05, 0) is 0 Å². The van der Waals surface area contributed by atoms with Gasteiger partial charge < -0.3 is 10.8 Å². The van der Waals surface area contributed by atoms with Gasteiger partial charge in [-0.15, -0.1) is 0 Å². The predicted molar refractivity (Wildman–Crippen MR) is 26.3 cm³/mol. The summed E-state index contributed by atoms with van der Waals surface area (Å²) < 4.78 is 11.4. The van der Waals surface area contributed by atoms with E-state index in [1.54, 1.807) is 0 Å². The Labute approximate surface area is 50.5 Å². The number of hydrogen-bond acceptors (Lipinski definition) is 3. The molecule has 9 heavy (non-hydrogen) atoms. The first-order chi connectivity index (χ1) is 4.04. The maximum Gasteiger partial charge on any atom is 0.318 e. The molecular formula is C4H6FNO3. The molecule has 4 nitrogen and oxygen atoms in total. The van der Waals surface area contributed by atoms with E-state index < -0.39 is 24.5 Å². The van der Waals surface area contributed by atoms with Gasteiger partial charge in [-0.25, -0.2) is 0 Å². The van der Waals surface area contributed by atoms with Crippen molar-refractivity contribution in [1.82, 2.24) is 0 Å². The zero-order chi connectivity index (χ0) is 7.44. The molecule has 0 unspecified atom stereocenters. The second kappa shape index (κ2) is 3.13. The molecular weight excluding hydrogens is 129 g/mol. The molecule has 0 rings (SSSR count). The average molecular weight is 135 g/mol. The summed E-state index contributed by atoms with van der Waals surface area (Å²) in [4.78, 5) is 19.3. The van der Waals surface area contributed by atoms with Crippen LogP contribution in [0, 0.1) is 0 Å². The molecule has 0 aliphatic carbocycles. The second-order valence-electron chi connectivity index (χ2n) is 1.51. The molecule has 52 valence electrons. The van der Waals surface area contributed by atoms with Crippen molar-refractivity contribution < 1.29 is 19.1 Å². The zero-order valence-electron chi connectivity index (χ0n) is 4.50. The molecule has 0 saturated heterocycles. The molecule has 0 radical (unpaired) electrons. The fourth-order valence-corrected chi connectivity index (χ4v) is 0.268. The van der Waals surface area contributed by atoms with E-state index in [9.17, 15) is 14.0 Å². The Morgan fingerprint density at radius 3 is 2.22 bits per heavy atom. The molecule has 0 heterocycles. The number of rotatable bonds is 3. The molecule has 0 aliphatic heterocycles. The largest absolute Gasteiger partial charge is 0.481 e. The smallest absolute Gasteiger partial charge is 0.318 e. The third kappa shape index (κ3) is 3.60. The van der Waals surface area contributed by atoms with Crippen molar-refractivity contribution in [2.45, 2.75) is 12.5 Å². The van der Waals surface area contributed by atoms with Crippen molar-refractivity contribution in [3.63, 3.8) is 0 Å². The summed E-state index contributed by atoms with van der Waals surface area (Å²) in [6.07, 6.45) is -0.657. The van der Waals surface area contributed by atoms with Crippen LogP contribution in [0.5, 0.6) is 0 Å². The Hall–Kier alpha value is -0.970. The zero-order valence-corrected chi connectivity index (χ0v) is 4.50. The van der Waals surface area contributed by atoms with E-state index in [1.165, 1.54) is 0 Å². The van der Waals surface area contributed by atoms with Crippen LogP contribution in [-0.4, -0.2) is 23.2 Å². The van der Waals surface area contributed by atoms with Gasteiger partial charge in [-0.1, -0.05) is 0 Å². The third-order valence-corrected chi connectivity index (χ3v) is 0.686. The van der Waals surface area contributed by atoms with Crippen LogP contribution in [0.4, 0.5) is 4.39 Å². The lowest BCUT2D eigenvalue weighted by atomic mass is 10.2. The predicted octanol–water partition coefficient (Wildman–Crippen LogP) is -0.716. The van der Waals surface area contributed by atoms with Crippen LogP contribution in [0.15, 0.2) is 0 Å². The van der Waals surface area contributed by atoms with Crippen LogP contribution in [0.1, 0.15) is 6.42 Å². The maximum absolute atomic E-state index is 11.4. The number of carboxylic acid groups (broad SMARTS) is 1. The SMILES string of the molecule is N[C@@H](CC(=O)O)C(=O)F. The molecule has 0 saturated carbocycles. The second-order valence-corrected chi connectivity index (χ2v) is 1.51. The highest BCUT2D eigenvalue weighted by Gasteiger charge is 2.15. The van der Waals surface area contributed by atoms with Crippen molar-refractivity contribution >= 4 is 12.0 Å². The van der Waals surface area contributed by atoms with Crippen LogP contribution in [-0.2, 0) is 9.59 Å². The molecule has 0 amide bonds. The highest BCUT2D eigenvalue weighted by atomic mass is 19.1. The quantitative estimate of drug-likeness (QED) is 0.500. The normalized spacial score (nSPS) is 12.7. The number of hydrogen-bond donors (Lipinski definition) is 2. The van der Waals surface area contributed by atoms with Crippen LogP contribution in [0.25, 0.3) is 0 Å². The molecule has 0 aromatic carbocycles. The highest BCUT2D eigenvalue weighted by Crippen LogP contribution is 1.89. The van der Waals surface area contributed by atoms with E-state index in [-0.39, 0.29) is 0 Å². The Bertz CT molecular complexity index is 136. The van der Waals surface area contributed by atoms with Crippen molar-refractivity contribution in [1.29, 1.82) is 0 Å². The van der Waals surface area contributed by atoms with Crippen LogP contribution >= 0.6 is 0 Å². The first-order valence-electron chi connectivity index (χ1n) is 2.20. The van der Waals surface area contributed by atoms with Gasteiger partial charge in [-0.2, -0.15) is 4.39 Å². The van der Waals surface area contributed by atoms with Gasteiger partial charge in [0, 0.05) is 0 Å². The fourth-order valence-electron chi connectivity index (χ4n) is 0.268. The Kier molecular flexibility index (Phi) is 2.80. The molecule has 0 aromatic heterocycles. The summed E-state index contributed by atoms with van der Waals surface area (Å²) in [5, 5.41) is 7.93. The van der Waals surface area contributed by atoms with Crippen molar-refractivity contribution in [3.05, 3.63) is 0 Å². The Morgan fingerprint density at radius 1 is 1.67 bits per heavy atom. The maximum atomic E-state index is 11.4. The summed E-state index contributed by atoms with van der Waals surface area (Å²) in [5.74, 6) is -1.28. The minimum Gasteiger partial charge on any atom is -0.481 e. The number of carbonyl (C=O) groups excluding carboxylic acids is 1. The van der Waals surface area contributed by atoms with Gasteiger partial charge in [0.25, 0.3) is 0 Å². The summed E-state index contributed by atoms with van der Waals surface area (Å²) in [7, 11) is 0. The van der Waals surface area contributed by atoms with Crippen molar-refractivity contribution in [3.8, 4) is 0 Å². The van der Waals surface area contributed by atoms with E-state index in [2.05, 4.69) is 0 Å². The van der Waals surface area contributed by atoms with Gasteiger partial charge in [-0.3, -0.25) is 9.59 Å². The Morgan fingerprint density at radius 2 is 2.11 bits per heavy atom. The molecule has 5 heteroatoms. The first kappa shape index (κ1) is 8.03. The van der Waals surface area contributed by atoms with Crippen molar-refractivity contribution in [2.24, 2.45) is 5.73 Å². The lowest BCUT2D eigenvalue weighted by Crippen LogP contribution is -2.29. The summed E-state index contributed by atoms with van der Waals surface area (Å²) >= 11 is 0. The van der Waals surface area contributed by atoms with E-state index in [1.807, 2.05) is 0 Å². The van der Waals surface area contributed by atoms with Crippen LogP contribution < -0.4 is 5.73 Å². The summed E-state index contributed by atoms with van der Waals surface area (Å²) in [5.41, 5.74) is 4.71. The van der Waals surface area contributed by atoms with Crippen LogP contribution in [0.3, 0.4) is 0 Å². The van der Waals surface area contributed by atoms with Gasteiger partial charge in [0.1, 0.15) is 6.04 Å². The minimum absolute atomic E-state index is 0.657. The molecule has 0 aromatic rings. The van der Waals surface area contributed by atoms with Gasteiger partial charge >= 0.3 is 12.0 Å². The monoisotopic (exact) mass is 135 g/mol. The Balaban J connectivity index is 3.63. The van der Waals surface area contributed by atoms with Gasteiger partial charge in [0.15, 0.2) is 0 Å². The molecule has 0 fully saturated rings.